The molecule has 1 saturated heterocycles. The Morgan fingerprint density at radius 1 is 1.19 bits per heavy atom. The van der Waals surface area contributed by atoms with Crippen molar-refractivity contribution in [2.24, 2.45) is 0 Å². The summed E-state index contributed by atoms with van der Waals surface area (Å²) in [5.74, 6) is 0.111. The lowest BCUT2D eigenvalue weighted by atomic mass is 9.97. The molecule has 1 aliphatic rings. The molecule has 2 aromatic rings. The first-order chi connectivity index (χ1) is 14.4. The van der Waals surface area contributed by atoms with Crippen LogP contribution in [0.2, 0.25) is 0 Å². The van der Waals surface area contributed by atoms with E-state index in [-0.39, 0.29) is 12.0 Å². The number of aromatic nitrogens is 2. The molecular weight excluding hydrogens is 415 g/mol. The Kier molecular flexibility index (Phi) is 6.23. The van der Waals surface area contributed by atoms with Crippen LogP contribution in [-0.2, 0) is 10.2 Å². The van der Waals surface area contributed by atoms with E-state index in [1.807, 2.05) is 26.1 Å². The van der Waals surface area contributed by atoms with E-state index in [2.05, 4.69) is 15.5 Å². The van der Waals surface area contributed by atoms with Gasteiger partial charge in [0.2, 0.25) is 17.6 Å². The lowest BCUT2D eigenvalue weighted by Crippen LogP contribution is -2.49. The number of rotatable bonds is 4. The second kappa shape index (κ2) is 8.56. The molecule has 11 heteroatoms. The summed E-state index contributed by atoms with van der Waals surface area (Å²) < 4.78 is 42.3. The molecule has 0 saturated carbocycles. The molecule has 0 spiro atoms. The fraction of sp³-hybridized carbons (Fsp3) is 0.500. The van der Waals surface area contributed by atoms with E-state index in [1.165, 1.54) is 4.90 Å². The molecule has 1 atom stereocenters. The first kappa shape index (κ1) is 22.6. The third-order valence-corrected chi connectivity index (χ3v) is 4.74. The normalized spacial score (nSPS) is 17.0. The number of carbonyl (C=O) groups excluding carboxylic acids is 2. The maximum atomic E-state index is 12.6. The van der Waals surface area contributed by atoms with Gasteiger partial charge >= 0.3 is 12.2 Å². The lowest BCUT2D eigenvalue weighted by molar-refractivity contribution is -0.140. The predicted octanol–water partition coefficient (Wildman–Crippen LogP) is 3.71. The second-order valence-electron chi connectivity index (χ2n) is 8.37. The second-order valence-corrected chi connectivity index (χ2v) is 8.37. The minimum atomic E-state index is -4.50. The van der Waals surface area contributed by atoms with E-state index < -0.39 is 30.7 Å². The average Bonchev–Trinajstić information content (AvgIpc) is 3.35. The van der Waals surface area contributed by atoms with Crippen LogP contribution in [0.4, 0.5) is 23.7 Å². The molecule has 0 bridgehead atoms. The smallest absolute Gasteiger partial charge is 0.345 e. The van der Waals surface area contributed by atoms with Gasteiger partial charge in [-0.15, -0.1) is 0 Å². The maximum absolute atomic E-state index is 12.6. The Hall–Kier alpha value is -3.11. The Morgan fingerprint density at radius 3 is 2.45 bits per heavy atom. The average molecular weight is 439 g/mol. The summed E-state index contributed by atoms with van der Waals surface area (Å²) >= 11 is 0. The summed E-state index contributed by atoms with van der Waals surface area (Å²) in [7, 11) is 0. The van der Waals surface area contributed by atoms with Crippen molar-refractivity contribution in [3.8, 4) is 11.4 Å². The first-order valence-corrected chi connectivity index (χ1v) is 9.81. The molecule has 2 heterocycles. The fourth-order valence-corrected chi connectivity index (χ4v) is 3.13. The standard InChI is InChI=1S/C20H24F3N5O3/c1-19(2,3)17-26-15(27-31-17)12-6-8-13(9-7-12)25-18(30)28-10-4-5-14(28)16(29)24-11-20(21,22)23/h6-9,14H,4-5,10-11H2,1-3H3,(H,24,29)(H,25,30). The van der Waals surface area contributed by atoms with E-state index in [1.54, 1.807) is 24.3 Å². The van der Waals surface area contributed by atoms with Crippen LogP contribution in [0, 0.1) is 0 Å². The van der Waals surface area contributed by atoms with Crippen molar-refractivity contribution in [3.05, 3.63) is 30.2 Å². The van der Waals surface area contributed by atoms with Gasteiger partial charge in [0.1, 0.15) is 12.6 Å². The number of halogens is 3. The zero-order chi connectivity index (χ0) is 22.8. The number of likely N-dealkylation sites (tertiary alicyclic amines) is 1. The SMILES string of the molecule is CC(C)(C)c1nc(-c2ccc(NC(=O)N3CCCC3C(=O)NCC(F)(F)F)cc2)no1. The minimum absolute atomic E-state index is 0.280. The highest BCUT2D eigenvalue weighted by Crippen LogP contribution is 2.25. The molecule has 0 aliphatic carbocycles. The van der Waals surface area contributed by atoms with Crippen molar-refractivity contribution < 1.29 is 27.3 Å². The molecule has 0 radical (unpaired) electrons. The van der Waals surface area contributed by atoms with Crippen molar-refractivity contribution in [3.63, 3.8) is 0 Å². The Bertz CT molecular complexity index is 935. The van der Waals surface area contributed by atoms with E-state index in [9.17, 15) is 22.8 Å². The number of hydrogen-bond acceptors (Lipinski definition) is 5. The summed E-state index contributed by atoms with van der Waals surface area (Å²) in [6, 6.07) is 5.24. The number of hydrogen-bond donors (Lipinski definition) is 2. The number of benzene rings is 1. The zero-order valence-electron chi connectivity index (χ0n) is 17.4. The van der Waals surface area contributed by atoms with Crippen LogP contribution in [-0.4, -0.2) is 52.3 Å². The number of alkyl halides is 3. The minimum Gasteiger partial charge on any atom is -0.345 e. The van der Waals surface area contributed by atoms with Crippen LogP contribution in [0.3, 0.4) is 0 Å². The van der Waals surface area contributed by atoms with E-state index >= 15 is 0 Å². The quantitative estimate of drug-likeness (QED) is 0.757. The highest BCUT2D eigenvalue weighted by molar-refractivity contribution is 5.94. The Morgan fingerprint density at radius 2 is 1.87 bits per heavy atom. The Labute approximate surface area is 177 Å². The van der Waals surface area contributed by atoms with Crippen molar-refractivity contribution >= 4 is 17.6 Å². The van der Waals surface area contributed by atoms with Gasteiger partial charge in [-0.3, -0.25) is 4.79 Å². The van der Waals surface area contributed by atoms with Crippen LogP contribution in [0.1, 0.15) is 39.5 Å². The molecule has 3 rings (SSSR count). The van der Waals surface area contributed by atoms with Crippen LogP contribution in [0.5, 0.6) is 0 Å². The summed E-state index contributed by atoms with van der Waals surface area (Å²) in [6.07, 6.45) is -3.66. The van der Waals surface area contributed by atoms with Crippen molar-refractivity contribution in [1.82, 2.24) is 20.4 Å². The number of nitrogens with one attached hydrogen (secondary N) is 2. The molecule has 1 unspecified atom stereocenters. The van der Waals surface area contributed by atoms with Gasteiger partial charge in [0.15, 0.2) is 0 Å². The van der Waals surface area contributed by atoms with Crippen LogP contribution >= 0.6 is 0 Å². The van der Waals surface area contributed by atoms with E-state index in [0.29, 0.717) is 35.8 Å². The third-order valence-electron chi connectivity index (χ3n) is 4.74. The predicted molar refractivity (Wildman–Crippen MR) is 106 cm³/mol. The zero-order valence-corrected chi connectivity index (χ0v) is 17.4. The highest BCUT2D eigenvalue weighted by atomic mass is 19.4. The van der Waals surface area contributed by atoms with Gasteiger partial charge in [-0.25, -0.2) is 4.79 Å². The summed E-state index contributed by atoms with van der Waals surface area (Å²) in [4.78, 5) is 30.3. The van der Waals surface area contributed by atoms with Crippen molar-refractivity contribution in [2.45, 2.75) is 51.2 Å². The molecule has 1 aromatic carbocycles. The van der Waals surface area contributed by atoms with Gasteiger partial charge in [0.05, 0.1) is 0 Å². The molecule has 2 N–H and O–H groups in total. The Balaban J connectivity index is 1.62. The topological polar surface area (TPSA) is 100 Å². The number of anilines is 1. The van der Waals surface area contributed by atoms with Gasteiger partial charge in [-0.2, -0.15) is 18.2 Å². The van der Waals surface area contributed by atoms with Gasteiger partial charge in [-0.05, 0) is 37.1 Å². The largest absolute Gasteiger partial charge is 0.405 e. The summed E-state index contributed by atoms with van der Waals surface area (Å²) in [5, 5.41) is 8.48. The van der Waals surface area contributed by atoms with Gasteiger partial charge in [0, 0.05) is 23.2 Å². The summed E-state index contributed by atoms with van der Waals surface area (Å²) in [6.45, 7) is 4.73. The number of amides is 3. The number of carbonyl (C=O) groups is 2. The molecule has 1 aromatic heterocycles. The lowest BCUT2D eigenvalue weighted by Gasteiger charge is -2.24. The highest BCUT2D eigenvalue weighted by Gasteiger charge is 2.36. The molecule has 1 aliphatic heterocycles. The summed E-state index contributed by atoms with van der Waals surface area (Å²) in [5.41, 5.74) is 0.884. The van der Waals surface area contributed by atoms with E-state index in [0.717, 1.165) is 0 Å². The van der Waals surface area contributed by atoms with Crippen LogP contribution < -0.4 is 10.6 Å². The molecule has 168 valence electrons. The monoisotopic (exact) mass is 439 g/mol. The van der Waals surface area contributed by atoms with E-state index in [4.69, 9.17) is 4.52 Å². The number of urea groups is 1. The van der Waals surface area contributed by atoms with Gasteiger partial charge in [-0.1, -0.05) is 25.9 Å². The van der Waals surface area contributed by atoms with Crippen LogP contribution in [0.15, 0.2) is 28.8 Å². The van der Waals surface area contributed by atoms with Crippen molar-refractivity contribution in [1.29, 1.82) is 0 Å². The van der Waals surface area contributed by atoms with Gasteiger partial charge in [0.25, 0.3) is 0 Å². The van der Waals surface area contributed by atoms with Crippen molar-refractivity contribution in [2.75, 3.05) is 18.4 Å². The number of nitrogens with zero attached hydrogens (tertiary/aromatic N) is 3. The maximum Gasteiger partial charge on any atom is 0.405 e. The first-order valence-electron chi connectivity index (χ1n) is 9.81. The molecule has 3 amide bonds. The molecule has 1 fully saturated rings. The fourth-order valence-electron chi connectivity index (χ4n) is 3.13. The third kappa shape index (κ3) is 5.74. The van der Waals surface area contributed by atoms with Gasteiger partial charge < -0.3 is 20.1 Å². The molecular formula is C20H24F3N5O3. The van der Waals surface area contributed by atoms with Crippen LogP contribution in [0.25, 0.3) is 11.4 Å². The molecule has 31 heavy (non-hydrogen) atoms. The molecule has 8 nitrogen and oxygen atoms in total.